The van der Waals surface area contributed by atoms with Gasteiger partial charge in [0.25, 0.3) is 0 Å². The van der Waals surface area contributed by atoms with E-state index in [-0.39, 0.29) is 0 Å². The molecule has 0 bridgehead atoms. The number of thioether (sulfide) groups is 1. The summed E-state index contributed by atoms with van der Waals surface area (Å²) in [7, 11) is 1.67. The van der Waals surface area contributed by atoms with Crippen molar-refractivity contribution >= 4 is 27.7 Å². The molecule has 0 amide bonds. The number of rotatable bonds is 8. The maximum atomic E-state index is 5.72. The Labute approximate surface area is 116 Å². The van der Waals surface area contributed by atoms with Gasteiger partial charge in [-0.1, -0.05) is 28.9 Å². The first kappa shape index (κ1) is 14.7. The topological polar surface area (TPSA) is 18.5 Å². The second-order valence-electron chi connectivity index (χ2n) is 3.52. The average molecular weight is 319 g/mol. The maximum Gasteiger partial charge on any atom is 0.161 e. The summed E-state index contributed by atoms with van der Waals surface area (Å²) in [5.41, 5.74) is 1.19. The van der Waals surface area contributed by atoms with Crippen LogP contribution in [0.5, 0.6) is 11.5 Å². The maximum absolute atomic E-state index is 5.72. The van der Waals surface area contributed by atoms with Gasteiger partial charge in [0.2, 0.25) is 0 Å². The van der Waals surface area contributed by atoms with Crippen LogP contribution in [0.3, 0.4) is 0 Å². The standard InChI is InChI=1S/C13H19BrO2S/c1-3-17-8-4-7-16-12-6-5-11(10-14)9-13(12)15-2/h5-6,9H,3-4,7-8,10H2,1-2H3. The lowest BCUT2D eigenvalue weighted by Crippen LogP contribution is -2.01. The summed E-state index contributed by atoms with van der Waals surface area (Å²) >= 11 is 5.37. The van der Waals surface area contributed by atoms with Gasteiger partial charge in [-0.2, -0.15) is 11.8 Å². The highest BCUT2D eigenvalue weighted by Gasteiger charge is 2.04. The Morgan fingerprint density at radius 1 is 1.29 bits per heavy atom. The molecular formula is C13H19BrO2S. The van der Waals surface area contributed by atoms with Crippen LogP contribution in [0.1, 0.15) is 18.9 Å². The van der Waals surface area contributed by atoms with Crippen molar-refractivity contribution in [1.29, 1.82) is 0 Å². The Kier molecular flexibility index (Phi) is 7.53. The van der Waals surface area contributed by atoms with Gasteiger partial charge in [-0.05, 0) is 35.6 Å². The van der Waals surface area contributed by atoms with E-state index in [1.165, 1.54) is 11.3 Å². The Morgan fingerprint density at radius 2 is 2.12 bits per heavy atom. The molecule has 0 radical (unpaired) electrons. The summed E-state index contributed by atoms with van der Waals surface area (Å²) in [6, 6.07) is 6.03. The lowest BCUT2D eigenvalue weighted by Gasteiger charge is -2.11. The van der Waals surface area contributed by atoms with Gasteiger partial charge in [0.15, 0.2) is 11.5 Å². The van der Waals surface area contributed by atoms with Crippen LogP contribution in [-0.4, -0.2) is 25.2 Å². The lowest BCUT2D eigenvalue weighted by atomic mass is 10.2. The van der Waals surface area contributed by atoms with Crippen LogP contribution in [-0.2, 0) is 5.33 Å². The monoisotopic (exact) mass is 318 g/mol. The van der Waals surface area contributed by atoms with Crippen LogP contribution >= 0.6 is 27.7 Å². The number of benzene rings is 1. The number of hydrogen-bond donors (Lipinski definition) is 0. The molecule has 1 aromatic carbocycles. The van der Waals surface area contributed by atoms with E-state index in [0.717, 1.165) is 35.6 Å². The fraction of sp³-hybridized carbons (Fsp3) is 0.538. The van der Waals surface area contributed by atoms with Crippen molar-refractivity contribution in [2.24, 2.45) is 0 Å². The van der Waals surface area contributed by atoms with Gasteiger partial charge in [0.1, 0.15) is 0 Å². The third kappa shape index (κ3) is 5.21. The molecule has 1 aromatic rings. The minimum atomic E-state index is 0.747. The number of halogens is 1. The first-order valence-corrected chi connectivity index (χ1v) is 8.02. The molecule has 0 aromatic heterocycles. The van der Waals surface area contributed by atoms with E-state index < -0.39 is 0 Å². The van der Waals surface area contributed by atoms with Crippen LogP contribution in [0.4, 0.5) is 0 Å². The fourth-order valence-electron chi connectivity index (χ4n) is 1.40. The number of ether oxygens (including phenoxy) is 2. The zero-order valence-corrected chi connectivity index (χ0v) is 12.8. The summed E-state index contributed by atoms with van der Waals surface area (Å²) in [5, 5.41) is 0.830. The van der Waals surface area contributed by atoms with E-state index in [9.17, 15) is 0 Å². The van der Waals surface area contributed by atoms with Crippen molar-refractivity contribution in [3.05, 3.63) is 23.8 Å². The lowest BCUT2D eigenvalue weighted by molar-refractivity contribution is 0.295. The molecule has 0 spiro atoms. The highest BCUT2D eigenvalue weighted by molar-refractivity contribution is 9.08. The summed E-state index contributed by atoms with van der Waals surface area (Å²) in [6.45, 7) is 2.92. The van der Waals surface area contributed by atoms with Crippen LogP contribution in [0, 0.1) is 0 Å². The molecule has 0 fully saturated rings. The predicted octanol–water partition coefficient (Wildman–Crippen LogP) is 4.11. The van der Waals surface area contributed by atoms with Crippen molar-refractivity contribution in [2.45, 2.75) is 18.7 Å². The van der Waals surface area contributed by atoms with Crippen LogP contribution in [0.2, 0.25) is 0 Å². The normalized spacial score (nSPS) is 10.3. The minimum Gasteiger partial charge on any atom is -0.493 e. The molecule has 0 saturated carbocycles. The molecule has 17 heavy (non-hydrogen) atoms. The van der Waals surface area contributed by atoms with Gasteiger partial charge in [-0.3, -0.25) is 0 Å². The van der Waals surface area contributed by atoms with E-state index in [1.807, 2.05) is 30.0 Å². The van der Waals surface area contributed by atoms with E-state index in [0.29, 0.717) is 0 Å². The molecule has 0 aliphatic heterocycles. The second kappa shape index (κ2) is 8.70. The minimum absolute atomic E-state index is 0.747. The van der Waals surface area contributed by atoms with Crippen molar-refractivity contribution in [2.75, 3.05) is 25.2 Å². The summed E-state index contributed by atoms with van der Waals surface area (Å²) < 4.78 is 11.0. The summed E-state index contributed by atoms with van der Waals surface area (Å²) in [6.07, 6.45) is 1.07. The van der Waals surface area contributed by atoms with Crippen LogP contribution in [0.25, 0.3) is 0 Å². The summed E-state index contributed by atoms with van der Waals surface area (Å²) in [4.78, 5) is 0. The number of alkyl halides is 1. The molecule has 0 unspecified atom stereocenters. The van der Waals surface area contributed by atoms with Crippen molar-refractivity contribution in [3.8, 4) is 11.5 Å². The third-order valence-electron chi connectivity index (χ3n) is 2.28. The van der Waals surface area contributed by atoms with Crippen molar-refractivity contribution in [3.63, 3.8) is 0 Å². The molecule has 96 valence electrons. The van der Waals surface area contributed by atoms with E-state index in [1.54, 1.807) is 7.11 Å². The fourth-order valence-corrected chi connectivity index (χ4v) is 2.36. The Balaban J connectivity index is 2.46. The van der Waals surface area contributed by atoms with Gasteiger partial charge < -0.3 is 9.47 Å². The first-order chi connectivity index (χ1) is 8.31. The Morgan fingerprint density at radius 3 is 2.76 bits per heavy atom. The van der Waals surface area contributed by atoms with Gasteiger partial charge >= 0.3 is 0 Å². The number of methoxy groups -OCH3 is 1. The van der Waals surface area contributed by atoms with Crippen molar-refractivity contribution in [1.82, 2.24) is 0 Å². The van der Waals surface area contributed by atoms with Gasteiger partial charge in [-0.25, -0.2) is 0 Å². The largest absolute Gasteiger partial charge is 0.493 e. The predicted molar refractivity (Wildman–Crippen MR) is 78.7 cm³/mol. The molecular weight excluding hydrogens is 300 g/mol. The highest BCUT2D eigenvalue weighted by atomic mass is 79.9. The smallest absolute Gasteiger partial charge is 0.161 e. The highest BCUT2D eigenvalue weighted by Crippen LogP contribution is 2.28. The molecule has 0 aliphatic rings. The molecule has 0 aliphatic carbocycles. The van der Waals surface area contributed by atoms with Crippen LogP contribution < -0.4 is 9.47 Å². The van der Waals surface area contributed by atoms with Gasteiger partial charge in [0, 0.05) is 5.33 Å². The first-order valence-electron chi connectivity index (χ1n) is 5.75. The van der Waals surface area contributed by atoms with Crippen LogP contribution in [0.15, 0.2) is 18.2 Å². The Bertz CT molecular complexity index is 331. The van der Waals surface area contributed by atoms with E-state index in [4.69, 9.17) is 9.47 Å². The average Bonchev–Trinajstić information content (AvgIpc) is 2.38. The van der Waals surface area contributed by atoms with E-state index in [2.05, 4.69) is 22.9 Å². The van der Waals surface area contributed by atoms with E-state index >= 15 is 0 Å². The van der Waals surface area contributed by atoms with Gasteiger partial charge in [0.05, 0.1) is 13.7 Å². The zero-order chi connectivity index (χ0) is 12.5. The summed E-state index contributed by atoms with van der Waals surface area (Å²) in [5.74, 6) is 3.96. The molecule has 0 atom stereocenters. The molecule has 0 heterocycles. The van der Waals surface area contributed by atoms with Gasteiger partial charge in [-0.15, -0.1) is 0 Å². The zero-order valence-electron chi connectivity index (χ0n) is 10.4. The molecule has 2 nitrogen and oxygen atoms in total. The molecule has 1 rings (SSSR count). The third-order valence-corrected chi connectivity index (χ3v) is 3.91. The Hall–Kier alpha value is -0.350. The van der Waals surface area contributed by atoms with Crippen molar-refractivity contribution < 1.29 is 9.47 Å². The molecule has 0 saturated heterocycles. The quantitative estimate of drug-likeness (QED) is 0.531. The second-order valence-corrected chi connectivity index (χ2v) is 5.47. The number of hydrogen-bond acceptors (Lipinski definition) is 3. The SMILES string of the molecule is CCSCCCOc1ccc(CBr)cc1OC. The molecule has 4 heteroatoms. The molecule has 0 N–H and O–H groups in total.